The van der Waals surface area contributed by atoms with Crippen LogP contribution < -0.4 is 5.73 Å². The highest BCUT2D eigenvalue weighted by Crippen LogP contribution is 2.16. The van der Waals surface area contributed by atoms with Gasteiger partial charge in [0.2, 0.25) is 0 Å². The maximum Gasteiger partial charge on any atom is 0.323 e. The Labute approximate surface area is 98.3 Å². The van der Waals surface area contributed by atoms with Crippen molar-refractivity contribution in [3.63, 3.8) is 0 Å². The quantitative estimate of drug-likeness (QED) is 0.825. The van der Waals surface area contributed by atoms with Crippen LogP contribution in [0.4, 0.5) is 4.39 Å². The van der Waals surface area contributed by atoms with Crippen molar-refractivity contribution in [2.75, 3.05) is 6.61 Å². The minimum absolute atomic E-state index is 0.0218. The number of hydrogen-bond acceptors (Lipinski definition) is 3. The smallest absolute Gasteiger partial charge is 0.323 e. The van der Waals surface area contributed by atoms with Crippen molar-refractivity contribution in [1.82, 2.24) is 0 Å². The monoisotopic (exact) mass is 245 g/mol. The van der Waals surface area contributed by atoms with Crippen molar-refractivity contribution < 1.29 is 13.9 Å². The van der Waals surface area contributed by atoms with Gasteiger partial charge in [-0.3, -0.25) is 4.79 Å². The second-order valence-corrected chi connectivity index (χ2v) is 3.72. The molecule has 0 aliphatic heterocycles. The Balaban J connectivity index is 2.66. The zero-order valence-electron chi connectivity index (χ0n) is 8.87. The zero-order valence-corrected chi connectivity index (χ0v) is 9.63. The van der Waals surface area contributed by atoms with Gasteiger partial charge in [-0.15, -0.1) is 0 Å². The van der Waals surface area contributed by atoms with E-state index in [0.717, 1.165) is 0 Å². The van der Waals surface area contributed by atoms with E-state index >= 15 is 0 Å². The number of hydrogen-bond donors (Lipinski definition) is 1. The van der Waals surface area contributed by atoms with E-state index in [0.29, 0.717) is 5.56 Å². The van der Waals surface area contributed by atoms with Crippen molar-refractivity contribution >= 4 is 17.6 Å². The van der Waals surface area contributed by atoms with E-state index < -0.39 is 17.8 Å². The molecule has 0 spiro atoms. The summed E-state index contributed by atoms with van der Waals surface area (Å²) in [4.78, 5) is 11.2. The molecule has 1 aromatic rings. The van der Waals surface area contributed by atoms with Crippen LogP contribution in [0, 0.1) is 5.82 Å². The van der Waals surface area contributed by atoms with E-state index in [1.54, 1.807) is 13.0 Å². The molecule has 2 N–H and O–H groups in total. The van der Waals surface area contributed by atoms with Crippen LogP contribution in [0.2, 0.25) is 5.02 Å². The third-order valence-corrected chi connectivity index (χ3v) is 2.32. The number of halogens is 2. The van der Waals surface area contributed by atoms with Gasteiger partial charge in [-0.05, 0) is 31.0 Å². The summed E-state index contributed by atoms with van der Waals surface area (Å²) in [6.45, 7) is 2.00. The van der Waals surface area contributed by atoms with E-state index in [1.807, 2.05) is 0 Å². The lowest BCUT2D eigenvalue weighted by atomic mass is 10.1. The van der Waals surface area contributed by atoms with Gasteiger partial charge >= 0.3 is 5.97 Å². The van der Waals surface area contributed by atoms with Gasteiger partial charge in [0.05, 0.1) is 11.6 Å². The van der Waals surface area contributed by atoms with Crippen molar-refractivity contribution in [2.24, 2.45) is 5.73 Å². The Morgan fingerprint density at radius 1 is 1.62 bits per heavy atom. The van der Waals surface area contributed by atoms with Crippen LogP contribution in [-0.2, 0) is 16.0 Å². The van der Waals surface area contributed by atoms with Crippen LogP contribution in [0.1, 0.15) is 12.5 Å². The molecule has 0 amide bonds. The third kappa shape index (κ3) is 3.47. The molecule has 16 heavy (non-hydrogen) atoms. The van der Waals surface area contributed by atoms with E-state index in [-0.39, 0.29) is 18.1 Å². The van der Waals surface area contributed by atoms with Crippen LogP contribution in [0.25, 0.3) is 0 Å². The topological polar surface area (TPSA) is 52.3 Å². The van der Waals surface area contributed by atoms with Gasteiger partial charge in [0.1, 0.15) is 11.9 Å². The average molecular weight is 246 g/mol. The fourth-order valence-electron chi connectivity index (χ4n) is 1.25. The summed E-state index contributed by atoms with van der Waals surface area (Å²) >= 11 is 5.61. The van der Waals surface area contributed by atoms with E-state index in [1.165, 1.54) is 12.1 Å². The molecule has 0 bridgehead atoms. The molecular weight excluding hydrogens is 233 g/mol. The first-order chi connectivity index (χ1) is 7.54. The van der Waals surface area contributed by atoms with Gasteiger partial charge in [0, 0.05) is 0 Å². The van der Waals surface area contributed by atoms with Gasteiger partial charge in [-0.2, -0.15) is 0 Å². The lowest BCUT2D eigenvalue weighted by Gasteiger charge is -2.10. The molecule has 0 saturated heterocycles. The van der Waals surface area contributed by atoms with E-state index in [2.05, 4.69) is 0 Å². The van der Waals surface area contributed by atoms with Crippen molar-refractivity contribution in [1.29, 1.82) is 0 Å². The molecule has 0 fully saturated rings. The van der Waals surface area contributed by atoms with Crippen LogP contribution >= 0.6 is 11.6 Å². The molecule has 5 heteroatoms. The van der Waals surface area contributed by atoms with Crippen molar-refractivity contribution in [3.05, 3.63) is 34.6 Å². The molecule has 1 aromatic carbocycles. The predicted molar refractivity (Wildman–Crippen MR) is 59.7 cm³/mol. The molecule has 3 nitrogen and oxygen atoms in total. The number of ether oxygens (including phenoxy) is 1. The first-order valence-electron chi connectivity index (χ1n) is 4.90. The van der Waals surface area contributed by atoms with Crippen LogP contribution in [0.15, 0.2) is 18.2 Å². The Morgan fingerprint density at radius 3 is 2.88 bits per heavy atom. The Kier molecular flexibility index (Phi) is 4.71. The second-order valence-electron chi connectivity index (χ2n) is 3.31. The highest BCUT2D eigenvalue weighted by Gasteiger charge is 2.15. The maximum absolute atomic E-state index is 12.9. The molecule has 0 aliphatic carbocycles. The highest BCUT2D eigenvalue weighted by molar-refractivity contribution is 6.30. The number of nitrogens with two attached hydrogens (primary N) is 1. The number of esters is 1. The zero-order chi connectivity index (χ0) is 12.1. The minimum atomic E-state index is -0.749. The Bertz CT molecular complexity index is 384. The lowest BCUT2D eigenvalue weighted by molar-refractivity contribution is -0.144. The summed E-state index contributed by atoms with van der Waals surface area (Å²) in [7, 11) is 0. The van der Waals surface area contributed by atoms with E-state index in [9.17, 15) is 9.18 Å². The highest BCUT2D eigenvalue weighted by atomic mass is 35.5. The summed E-state index contributed by atoms with van der Waals surface area (Å²) in [6.07, 6.45) is 0.277. The molecule has 88 valence electrons. The van der Waals surface area contributed by atoms with Crippen molar-refractivity contribution in [2.45, 2.75) is 19.4 Å². The molecular formula is C11H13ClFNO2. The van der Waals surface area contributed by atoms with E-state index in [4.69, 9.17) is 22.1 Å². The third-order valence-electron chi connectivity index (χ3n) is 2.03. The maximum atomic E-state index is 12.9. The standard InChI is InChI=1S/C11H13ClFNO2/c1-2-16-11(15)10(14)6-7-3-4-9(13)8(12)5-7/h3-5,10H,2,6,14H2,1H3/t10-/m0/s1. The molecule has 0 radical (unpaired) electrons. The Hall–Kier alpha value is -1.13. The largest absolute Gasteiger partial charge is 0.465 e. The van der Waals surface area contributed by atoms with Crippen LogP contribution in [0.3, 0.4) is 0 Å². The number of carbonyl (C=O) groups is 1. The van der Waals surface area contributed by atoms with Crippen molar-refractivity contribution in [3.8, 4) is 0 Å². The van der Waals surface area contributed by atoms with Crippen LogP contribution in [0.5, 0.6) is 0 Å². The van der Waals surface area contributed by atoms with Gasteiger partial charge in [-0.1, -0.05) is 17.7 Å². The summed E-state index contributed by atoms with van der Waals surface area (Å²) in [6, 6.07) is 3.49. The molecule has 0 saturated carbocycles. The fourth-order valence-corrected chi connectivity index (χ4v) is 1.46. The number of benzene rings is 1. The first kappa shape index (κ1) is 12.9. The molecule has 0 aliphatic rings. The first-order valence-corrected chi connectivity index (χ1v) is 5.28. The summed E-state index contributed by atoms with van der Waals surface area (Å²) in [5, 5.41) is 0.0218. The summed E-state index contributed by atoms with van der Waals surface area (Å²) in [5.74, 6) is -0.960. The lowest BCUT2D eigenvalue weighted by Crippen LogP contribution is -2.34. The molecule has 0 unspecified atom stereocenters. The minimum Gasteiger partial charge on any atom is -0.465 e. The normalized spacial score (nSPS) is 12.2. The van der Waals surface area contributed by atoms with Gasteiger partial charge in [0.25, 0.3) is 0 Å². The average Bonchev–Trinajstić information content (AvgIpc) is 2.24. The molecule has 0 aromatic heterocycles. The van der Waals surface area contributed by atoms with Gasteiger partial charge in [-0.25, -0.2) is 4.39 Å². The predicted octanol–water partition coefficient (Wildman–Crippen LogP) is 1.91. The molecule has 0 heterocycles. The van der Waals surface area contributed by atoms with Crippen LogP contribution in [-0.4, -0.2) is 18.6 Å². The number of carbonyl (C=O) groups excluding carboxylic acids is 1. The van der Waals surface area contributed by atoms with Gasteiger partial charge in [0.15, 0.2) is 0 Å². The fraction of sp³-hybridized carbons (Fsp3) is 0.364. The number of rotatable bonds is 4. The summed E-state index contributed by atoms with van der Waals surface area (Å²) in [5.41, 5.74) is 6.31. The second kappa shape index (κ2) is 5.82. The summed E-state index contributed by atoms with van der Waals surface area (Å²) < 4.78 is 17.6. The van der Waals surface area contributed by atoms with Gasteiger partial charge < -0.3 is 10.5 Å². The molecule has 1 atom stereocenters. The Morgan fingerprint density at radius 2 is 2.31 bits per heavy atom. The molecule has 1 rings (SSSR count). The SMILES string of the molecule is CCOC(=O)[C@@H](N)Cc1ccc(F)c(Cl)c1.